The molecule has 4 aromatic rings. The summed E-state index contributed by atoms with van der Waals surface area (Å²) in [5.74, 6) is -9.92. The predicted octanol–water partition coefficient (Wildman–Crippen LogP) is 5.60. The van der Waals surface area contributed by atoms with Gasteiger partial charge in [-0.3, -0.25) is 0 Å². The highest BCUT2D eigenvalue weighted by Crippen LogP contribution is 2.36. The van der Waals surface area contributed by atoms with Gasteiger partial charge in [-0.05, 0) is 24.3 Å². The fourth-order valence-electron chi connectivity index (χ4n) is 4.03. The number of hydrogen-bond acceptors (Lipinski definition) is 6. The van der Waals surface area contributed by atoms with Gasteiger partial charge >= 0.3 is 0 Å². The summed E-state index contributed by atoms with van der Waals surface area (Å²) in [6.07, 6.45) is 3.25. The third kappa shape index (κ3) is 3.85. The van der Waals surface area contributed by atoms with Gasteiger partial charge < -0.3 is 0 Å². The molecule has 1 aliphatic rings. The zero-order valence-electron chi connectivity index (χ0n) is 18.6. The van der Waals surface area contributed by atoms with Gasteiger partial charge in [0.25, 0.3) is 0 Å². The molecule has 0 bridgehead atoms. The second-order valence-electron chi connectivity index (χ2n) is 7.79. The number of aliphatic imine (C=N–C) groups is 2. The zero-order chi connectivity index (χ0) is 27.1. The van der Waals surface area contributed by atoms with Crippen molar-refractivity contribution in [2.45, 2.75) is 0 Å². The van der Waals surface area contributed by atoms with Crippen molar-refractivity contribution in [1.29, 1.82) is 10.5 Å². The highest BCUT2D eigenvalue weighted by atomic mass is 19.2. The molecule has 0 N–H and O–H groups in total. The van der Waals surface area contributed by atoms with Crippen LogP contribution in [0.5, 0.6) is 0 Å². The fourth-order valence-corrected chi connectivity index (χ4v) is 4.03. The summed E-state index contributed by atoms with van der Waals surface area (Å²) in [5, 5.41) is 18.6. The van der Waals surface area contributed by atoms with E-state index in [0.29, 0.717) is 35.4 Å². The minimum atomic E-state index is -1.77. The standard InChI is InChI=1S/C26H8F6N6/c27-15-5-11(6-16(28)19(15)31)21-22(12-7-17(29)20(32)18(30)8-12)38-26-24(36-10-34)14-4-2-1-3-13(14)23(35-9-33)25(26)37-21/h1-8H/b35-23-,36-24+. The van der Waals surface area contributed by atoms with E-state index in [4.69, 9.17) is 0 Å². The van der Waals surface area contributed by atoms with Gasteiger partial charge in [0.05, 0.1) is 11.4 Å². The van der Waals surface area contributed by atoms with Gasteiger partial charge in [0.2, 0.25) is 12.4 Å². The van der Waals surface area contributed by atoms with Gasteiger partial charge in [0, 0.05) is 22.3 Å². The number of nitriles is 2. The Bertz CT molecular complexity index is 1640. The van der Waals surface area contributed by atoms with Gasteiger partial charge in [0.1, 0.15) is 22.8 Å². The summed E-state index contributed by atoms with van der Waals surface area (Å²) in [6.45, 7) is 0. The van der Waals surface area contributed by atoms with E-state index < -0.39 is 57.4 Å². The Morgan fingerprint density at radius 3 is 1.21 bits per heavy atom. The number of halogens is 6. The molecule has 0 amide bonds. The number of benzene rings is 3. The van der Waals surface area contributed by atoms with E-state index in [1.807, 2.05) is 0 Å². The van der Waals surface area contributed by atoms with Gasteiger partial charge in [-0.15, -0.1) is 0 Å². The largest absolute Gasteiger partial charge is 0.241 e. The van der Waals surface area contributed by atoms with Crippen LogP contribution in [-0.2, 0) is 0 Å². The minimum absolute atomic E-state index is 0.0465. The average molecular weight is 518 g/mol. The Morgan fingerprint density at radius 2 is 0.895 bits per heavy atom. The topological polar surface area (TPSA) is 98.1 Å². The molecule has 1 aliphatic carbocycles. The van der Waals surface area contributed by atoms with Crippen molar-refractivity contribution in [3.8, 4) is 34.9 Å². The molecule has 38 heavy (non-hydrogen) atoms. The van der Waals surface area contributed by atoms with Crippen LogP contribution >= 0.6 is 0 Å². The number of rotatable bonds is 2. The number of nitrogens with zero attached hydrogens (tertiary/aromatic N) is 6. The van der Waals surface area contributed by atoms with Crippen LogP contribution in [0.3, 0.4) is 0 Å². The van der Waals surface area contributed by atoms with Crippen molar-refractivity contribution >= 4 is 11.4 Å². The molecule has 0 unspecified atom stereocenters. The molecule has 12 heteroatoms. The molecule has 0 spiro atoms. The van der Waals surface area contributed by atoms with Crippen molar-refractivity contribution in [2.75, 3.05) is 0 Å². The van der Waals surface area contributed by atoms with E-state index in [9.17, 15) is 36.9 Å². The summed E-state index contributed by atoms with van der Waals surface area (Å²) in [6, 6.07) is 8.65. The minimum Gasteiger partial charge on any atom is -0.241 e. The van der Waals surface area contributed by atoms with E-state index >= 15 is 0 Å². The molecule has 1 aromatic heterocycles. The first-order chi connectivity index (χ1) is 18.2. The molecule has 0 saturated heterocycles. The first kappa shape index (κ1) is 24.3. The molecule has 6 nitrogen and oxygen atoms in total. The van der Waals surface area contributed by atoms with Crippen molar-refractivity contribution < 1.29 is 26.3 Å². The second kappa shape index (κ2) is 9.26. The molecule has 5 rings (SSSR count). The number of hydrogen-bond donors (Lipinski definition) is 0. The zero-order valence-corrected chi connectivity index (χ0v) is 18.6. The number of aromatic nitrogens is 2. The normalized spacial score (nSPS) is 14.1. The predicted molar refractivity (Wildman–Crippen MR) is 122 cm³/mol. The van der Waals surface area contributed by atoms with Crippen LogP contribution in [0.2, 0.25) is 0 Å². The maximum atomic E-state index is 14.2. The lowest BCUT2D eigenvalue weighted by molar-refractivity contribution is 0.447. The van der Waals surface area contributed by atoms with Crippen LogP contribution in [0.1, 0.15) is 22.5 Å². The smallest absolute Gasteiger partial charge is 0.206 e. The first-order valence-corrected chi connectivity index (χ1v) is 10.5. The van der Waals surface area contributed by atoms with Crippen molar-refractivity contribution in [2.24, 2.45) is 9.98 Å². The molecule has 184 valence electrons. The van der Waals surface area contributed by atoms with Gasteiger partial charge in [-0.1, -0.05) is 24.3 Å². The SMILES string of the molecule is N#C/N=C1/c2ccccc2/C(=N\C#N)c2nc(-c3cc(F)c(F)c(F)c3)c(-c3cc(F)c(F)c(F)c3)nc21. The second-order valence-corrected chi connectivity index (χ2v) is 7.79. The van der Waals surface area contributed by atoms with E-state index in [-0.39, 0.29) is 22.8 Å². The Morgan fingerprint density at radius 1 is 0.553 bits per heavy atom. The van der Waals surface area contributed by atoms with Gasteiger partial charge in [-0.2, -0.15) is 20.5 Å². The average Bonchev–Trinajstić information content (AvgIpc) is 2.91. The third-order valence-corrected chi connectivity index (χ3v) is 5.62. The van der Waals surface area contributed by atoms with Crippen molar-refractivity contribution in [3.63, 3.8) is 0 Å². The highest BCUT2D eigenvalue weighted by Gasteiger charge is 2.32. The van der Waals surface area contributed by atoms with E-state index in [1.54, 1.807) is 36.7 Å². The molecule has 0 aliphatic heterocycles. The Balaban J connectivity index is 1.94. The lowest BCUT2D eigenvalue weighted by atomic mass is 9.87. The maximum absolute atomic E-state index is 14.2. The summed E-state index contributed by atoms with van der Waals surface area (Å²) in [4.78, 5) is 16.3. The summed E-state index contributed by atoms with van der Waals surface area (Å²) in [7, 11) is 0. The van der Waals surface area contributed by atoms with Crippen molar-refractivity contribution in [1.82, 2.24) is 9.97 Å². The Labute approximate surface area is 209 Å². The Kier molecular flexibility index (Phi) is 5.93. The van der Waals surface area contributed by atoms with Crippen molar-refractivity contribution in [3.05, 3.63) is 106 Å². The molecule has 0 fully saturated rings. The van der Waals surface area contributed by atoms with Gasteiger partial charge in [0.15, 0.2) is 34.9 Å². The van der Waals surface area contributed by atoms with Crippen LogP contribution in [0, 0.1) is 57.8 Å². The lowest BCUT2D eigenvalue weighted by Crippen LogP contribution is -2.26. The maximum Gasteiger partial charge on any atom is 0.206 e. The molecule has 3 aromatic carbocycles. The molecular formula is C26H8F6N6. The molecule has 1 heterocycles. The van der Waals surface area contributed by atoms with Gasteiger partial charge in [-0.25, -0.2) is 36.3 Å². The van der Waals surface area contributed by atoms with E-state index in [1.165, 1.54) is 0 Å². The third-order valence-electron chi connectivity index (χ3n) is 5.62. The Hall–Kier alpha value is -5.36. The summed E-state index contributed by atoms with van der Waals surface area (Å²) < 4.78 is 84.1. The van der Waals surface area contributed by atoms with Crippen LogP contribution in [0.4, 0.5) is 26.3 Å². The van der Waals surface area contributed by atoms with Crippen LogP contribution in [0.25, 0.3) is 22.5 Å². The lowest BCUT2D eigenvalue weighted by Gasteiger charge is -2.22. The van der Waals surface area contributed by atoms with E-state index in [0.717, 1.165) is 0 Å². The number of fused-ring (bicyclic) bond motifs is 2. The highest BCUT2D eigenvalue weighted by molar-refractivity contribution is 6.30. The summed E-state index contributed by atoms with van der Waals surface area (Å²) in [5.41, 5.74) is -1.39. The molecular weight excluding hydrogens is 510 g/mol. The quantitative estimate of drug-likeness (QED) is 0.173. The van der Waals surface area contributed by atoms with E-state index in [2.05, 4.69) is 20.0 Å². The van der Waals surface area contributed by atoms with Crippen LogP contribution in [0.15, 0.2) is 58.5 Å². The molecule has 0 saturated carbocycles. The molecule has 0 radical (unpaired) electrons. The van der Waals surface area contributed by atoms with Crippen LogP contribution in [-0.4, -0.2) is 21.4 Å². The molecule has 0 atom stereocenters. The fraction of sp³-hybridized carbons (Fsp3) is 0. The summed E-state index contributed by atoms with van der Waals surface area (Å²) >= 11 is 0. The monoisotopic (exact) mass is 518 g/mol. The van der Waals surface area contributed by atoms with Crippen LogP contribution < -0.4 is 0 Å². The first-order valence-electron chi connectivity index (χ1n) is 10.5.